The van der Waals surface area contributed by atoms with Gasteiger partial charge in [-0.25, -0.2) is 0 Å². The maximum Gasteiger partial charge on any atom is 0.0511 e. The second kappa shape index (κ2) is 6.25. The van der Waals surface area contributed by atoms with E-state index in [1.165, 1.54) is 17.7 Å². The van der Waals surface area contributed by atoms with Crippen LogP contribution in [0.1, 0.15) is 31.9 Å². The normalized spacial score (nSPS) is 22.6. The Kier molecular flexibility index (Phi) is 4.87. The van der Waals surface area contributed by atoms with Crippen molar-refractivity contribution in [2.75, 3.05) is 31.6 Å². The number of anilines is 1. The van der Waals surface area contributed by atoms with Gasteiger partial charge < -0.3 is 10.6 Å². The van der Waals surface area contributed by atoms with Gasteiger partial charge in [0.25, 0.3) is 0 Å². The minimum absolute atomic E-state index is 0.0845. The quantitative estimate of drug-likeness (QED) is 0.927. The smallest absolute Gasteiger partial charge is 0.0511 e. The minimum atomic E-state index is 0.0845. The van der Waals surface area contributed by atoms with Gasteiger partial charge in [-0.1, -0.05) is 13.0 Å². The molecule has 106 valence electrons. The van der Waals surface area contributed by atoms with E-state index in [1.54, 1.807) is 0 Å². The predicted octanol–water partition coefficient (Wildman–Crippen LogP) is 3.00. The van der Waals surface area contributed by atoms with Crippen LogP contribution >= 0.6 is 15.9 Å². The van der Waals surface area contributed by atoms with Crippen molar-refractivity contribution >= 4 is 21.6 Å². The van der Waals surface area contributed by atoms with Gasteiger partial charge in [-0.2, -0.15) is 0 Å². The summed E-state index contributed by atoms with van der Waals surface area (Å²) in [5.74, 6) is 0. The predicted molar refractivity (Wildman–Crippen MR) is 85.7 cm³/mol. The summed E-state index contributed by atoms with van der Waals surface area (Å²) in [6.07, 6.45) is 1.20. The fourth-order valence-electron chi connectivity index (χ4n) is 2.67. The summed E-state index contributed by atoms with van der Waals surface area (Å²) in [5, 5.41) is 0. The van der Waals surface area contributed by atoms with Crippen molar-refractivity contribution in [3.63, 3.8) is 0 Å². The molecule has 1 aliphatic heterocycles. The topological polar surface area (TPSA) is 32.5 Å². The van der Waals surface area contributed by atoms with Crippen molar-refractivity contribution in [3.8, 4) is 0 Å². The first kappa shape index (κ1) is 14.8. The molecule has 0 spiro atoms. The van der Waals surface area contributed by atoms with Gasteiger partial charge in [0.2, 0.25) is 0 Å². The Balaban J connectivity index is 2.18. The number of nitrogens with two attached hydrogens (primary N) is 1. The summed E-state index contributed by atoms with van der Waals surface area (Å²) in [7, 11) is 2.22. The molecule has 1 aromatic rings. The summed E-state index contributed by atoms with van der Waals surface area (Å²) < 4.78 is 1.15. The highest BCUT2D eigenvalue weighted by Crippen LogP contribution is 2.30. The van der Waals surface area contributed by atoms with Crippen LogP contribution in [0.2, 0.25) is 0 Å². The zero-order chi connectivity index (χ0) is 14.0. The van der Waals surface area contributed by atoms with Gasteiger partial charge in [-0.05, 0) is 54.0 Å². The fraction of sp³-hybridized carbons (Fsp3) is 0.600. The van der Waals surface area contributed by atoms with Crippen LogP contribution in [0.4, 0.5) is 5.69 Å². The third-order valence-corrected chi connectivity index (χ3v) is 4.72. The molecule has 1 saturated heterocycles. The van der Waals surface area contributed by atoms with E-state index < -0.39 is 0 Å². The highest BCUT2D eigenvalue weighted by atomic mass is 79.9. The molecule has 4 heteroatoms. The monoisotopic (exact) mass is 325 g/mol. The average molecular weight is 326 g/mol. The molecule has 1 heterocycles. The van der Waals surface area contributed by atoms with E-state index in [0.717, 1.165) is 24.1 Å². The SMILES string of the molecule is CCC1CN(c2ccc([C@H](C)N)cc2Br)CCN1C. The highest BCUT2D eigenvalue weighted by Gasteiger charge is 2.24. The van der Waals surface area contributed by atoms with Crippen LogP contribution in [0.3, 0.4) is 0 Å². The lowest BCUT2D eigenvalue weighted by atomic mass is 10.1. The molecule has 1 aliphatic rings. The lowest BCUT2D eigenvalue weighted by Gasteiger charge is -2.40. The molecular formula is C15H24BrN3. The van der Waals surface area contributed by atoms with Gasteiger partial charge in [0.05, 0.1) is 5.69 Å². The van der Waals surface area contributed by atoms with Gasteiger partial charge in [0.15, 0.2) is 0 Å². The molecule has 0 saturated carbocycles. The molecule has 3 nitrogen and oxygen atoms in total. The largest absolute Gasteiger partial charge is 0.368 e. The molecule has 0 aromatic heterocycles. The van der Waals surface area contributed by atoms with Crippen LogP contribution in [0, 0.1) is 0 Å². The summed E-state index contributed by atoms with van der Waals surface area (Å²) in [6, 6.07) is 7.22. The Morgan fingerprint density at radius 2 is 2.16 bits per heavy atom. The molecule has 2 rings (SSSR count). The van der Waals surface area contributed by atoms with E-state index in [0.29, 0.717) is 6.04 Å². The third-order valence-electron chi connectivity index (χ3n) is 4.09. The van der Waals surface area contributed by atoms with Crippen molar-refractivity contribution in [3.05, 3.63) is 28.2 Å². The fourth-order valence-corrected chi connectivity index (χ4v) is 3.32. The zero-order valence-corrected chi connectivity index (χ0v) is 13.7. The van der Waals surface area contributed by atoms with Crippen molar-refractivity contribution in [2.45, 2.75) is 32.4 Å². The number of benzene rings is 1. The van der Waals surface area contributed by atoms with Crippen LogP contribution in [-0.2, 0) is 0 Å². The van der Waals surface area contributed by atoms with Gasteiger partial charge in [-0.3, -0.25) is 4.90 Å². The molecule has 2 atom stereocenters. The summed E-state index contributed by atoms with van der Waals surface area (Å²) in [6.45, 7) is 7.59. The van der Waals surface area contributed by atoms with Gasteiger partial charge in [0, 0.05) is 36.2 Å². The molecule has 2 N–H and O–H groups in total. The van der Waals surface area contributed by atoms with Crippen LogP contribution in [0.5, 0.6) is 0 Å². The molecule has 0 bridgehead atoms. The zero-order valence-electron chi connectivity index (χ0n) is 12.1. The van der Waals surface area contributed by atoms with E-state index in [1.807, 2.05) is 6.92 Å². The molecule has 0 amide bonds. The maximum atomic E-state index is 5.93. The lowest BCUT2D eigenvalue weighted by molar-refractivity contribution is 0.213. The van der Waals surface area contributed by atoms with E-state index in [4.69, 9.17) is 5.73 Å². The highest BCUT2D eigenvalue weighted by molar-refractivity contribution is 9.10. The van der Waals surface area contributed by atoms with Crippen molar-refractivity contribution < 1.29 is 0 Å². The Morgan fingerprint density at radius 3 is 2.74 bits per heavy atom. The second-order valence-corrected chi connectivity index (χ2v) is 6.34. The third kappa shape index (κ3) is 3.30. The number of rotatable bonds is 3. The number of likely N-dealkylation sites (N-methyl/N-ethyl adjacent to an activating group) is 1. The maximum absolute atomic E-state index is 5.93. The Hall–Kier alpha value is -0.580. The van der Waals surface area contributed by atoms with Crippen LogP contribution in [0.15, 0.2) is 22.7 Å². The van der Waals surface area contributed by atoms with E-state index in [2.05, 4.69) is 57.9 Å². The number of nitrogens with zero attached hydrogens (tertiary/aromatic N) is 2. The Bertz CT molecular complexity index is 433. The Morgan fingerprint density at radius 1 is 1.42 bits per heavy atom. The first-order chi connectivity index (χ1) is 9.02. The van der Waals surface area contributed by atoms with E-state index >= 15 is 0 Å². The summed E-state index contributed by atoms with van der Waals surface area (Å²) in [5.41, 5.74) is 8.40. The van der Waals surface area contributed by atoms with Gasteiger partial charge >= 0.3 is 0 Å². The lowest BCUT2D eigenvalue weighted by Crippen LogP contribution is -2.51. The number of halogens is 1. The van der Waals surface area contributed by atoms with Crippen LogP contribution in [0.25, 0.3) is 0 Å². The second-order valence-electron chi connectivity index (χ2n) is 5.49. The molecule has 1 fully saturated rings. The molecule has 1 aromatic carbocycles. The molecule has 0 aliphatic carbocycles. The van der Waals surface area contributed by atoms with Gasteiger partial charge in [0.1, 0.15) is 0 Å². The summed E-state index contributed by atoms with van der Waals surface area (Å²) >= 11 is 3.70. The summed E-state index contributed by atoms with van der Waals surface area (Å²) in [4.78, 5) is 4.93. The molecule has 1 unspecified atom stereocenters. The Labute approximate surface area is 124 Å². The minimum Gasteiger partial charge on any atom is -0.368 e. The van der Waals surface area contributed by atoms with Crippen molar-refractivity contribution in [1.29, 1.82) is 0 Å². The van der Waals surface area contributed by atoms with Crippen molar-refractivity contribution in [1.82, 2.24) is 4.90 Å². The molecule has 0 radical (unpaired) electrons. The number of hydrogen-bond acceptors (Lipinski definition) is 3. The molecular weight excluding hydrogens is 302 g/mol. The average Bonchev–Trinajstić information content (AvgIpc) is 2.39. The van der Waals surface area contributed by atoms with E-state index in [9.17, 15) is 0 Å². The first-order valence-electron chi connectivity index (χ1n) is 7.03. The molecule has 19 heavy (non-hydrogen) atoms. The van der Waals surface area contributed by atoms with Crippen molar-refractivity contribution in [2.24, 2.45) is 5.73 Å². The van der Waals surface area contributed by atoms with Gasteiger partial charge in [-0.15, -0.1) is 0 Å². The first-order valence-corrected chi connectivity index (χ1v) is 7.82. The van der Waals surface area contributed by atoms with E-state index in [-0.39, 0.29) is 6.04 Å². The van der Waals surface area contributed by atoms with Crippen LogP contribution in [-0.4, -0.2) is 37.6 Å². The number of hydrogen-bond donors (Lipinski definition) is 1. The standard InChI is InChI=1S/C15H24BrN3/c1-4-13-10-19(8-7-18(13)3)15-6-5-12(11(2)17)9-14(15)16/h5-6,9,11,13H,4,7-8,10,17H2,1-3H3/t11-,13?/m0/s1. The van der Waals surface area contributed by atoms with Crippen LogP contribution < -0.4 is 10.6 Å². The number of piperazine rings is 1.